The van der Waals surface area contributed by atoms with E-state index in [-0.39, 0.29) is 17.2 Å². The van der Waals surface area contributed by atoms with Gasteiger partial charge in [-0.2, -0.15) is 8.42 Å². The van der Waals surface area contributed by atoms with Crippen LogP contribution < -0.4 is 4.90 Å². The van der Waals surface area contributed by atoms with Crippen molar-refractivity contribution in [3.8, 4) is 0 Å². The van der Waals surface area contributed by atoms with Crippen molar-refractivity contribution >= 4 is 27.3 Å². The number of benzene rings is 1. The third-order valence-corrected chi connectivity index (χ3v) is 4.39. The van der Waals surface area contributed by atoms with Crippen molar-refractivity contribution in [1.29, 1.82) is 0 Å². The van der Waals surface area contributed by atoms with Crippen LogP contribution in [0.25, 0.3) is 0 Å². The van der Waals surface area contributed by atoms with E-state index in [1.165, 1.54) is 6.07 Å². The Morgan fingerprint density at radius 1 is 1.19 bits per heavy atom. The first-order chi connectivity index (χ1) is 12.3. The molecule has 142 valence electrons. The Hall–Kier alpha value is -2.33. The highest BCUT2D eigenvalue weighted by atomic mass is 32.2. The summed E-state index contributed by atoms with van der Waals surface area (Å²) in [5.74, 6) is -0.0540. The Balaban J connectivity index is 2.52. The summed E-state index contributed by atoms with van der Waals surface area (Å²) < 4.78 is 52.4. The highest BCUT2D eigenvalue weighted by Crippen LogP contribution is 2.33. The van der Waals surface area contributed by atoms with E-state index < -0.39 is 20.8 Å². The molecule has 2 aromatic rings. The lowest BCUT2D eigenvalue weighted by Crippen LogP contribution is -2.26. The van der Waals surface area contributed by atoms with E-state index in [2.05, 4.69) is 15.4 Å². The number of hydrogen-bond donors (Lipinski definition) is 1. The van der Waals surface area contributed by atoms with E-state index in [1.807, 2.05) is 13.8 Å². The predicted octanol–water partition coefficient (Wildman–Crippen LogP) is 4.41. The lowest BCUT2D eigenvalue weighted by atomic mass is 10.2. The van der Waals surface area contributed by atoms with E-state index in [1.54, 1.807) is 11.8 Å². The zero-order valence-corrected chi connectivity index (χ0v) is 15.6. The predicted molar refractivity (Wildman–Crippen MR) is 94.4 cm³/mol. The first-order valence-corrected chi connectivity index (χ1v) is 9.61. The third kappa shape index (κ3) is 4.85. The molecule has 0 spiro atoms. The van der Waals surface area contributed by atoms with Crippen LogP contribution in [0.15, 0.2) is 37.8 Å². The average Bonchev–Trinajstić information content (AvgIpc) is 2.97. The van der Waals surface area contributed by atoms with Crippen LogP contribution in [0.3, 0.4) is 0 Å². The van der Waals surface area contributed by atoms with Crippen LogP contribution in [0.2, 0.25) is 0 Å². The maximum atomic E-state index is 14.6. The lowest BCUT2D eigenvalue weighted by Gasteiger charge is -2.24. The minimum atomic E-state index is -4.63. The van der Waals surface area contributed by atoms with Gasteiger partial charge in [0, 0.05) is 25.2 Å². The van der Waals surface area contributed by atoms with E-state index in [4.69, 9.17) is 4.52 Å². The molecular formula is C16H21FN4O4S. The van der Waals surface area contributed by atoms with Gasteiger partial charge in [0.15, 0.2) is 0 Å². The quantitative estimate of drug-likeness (QED) is 0.533. The van der Waals surface area contributed by atoms with E-state index in [9.17, 15) is 17.4 Å². The van der Waals surface area contributed by atoms with Gasteiger partial charge in [0.1, 0.15) is 22.2 Å². The molecule has 1 N–H and O–H groups in total. The summed E-state index contributed by atoms with van der Waals surface area (Å²) in [5.41, 5.74) is -0.222. The van der Waals surface area contributed by atoms with Crippen LogP contribution in [0.1, 0.15) is 32.4 Å². The maximum absolute atomic E-state index is 14.6. The van der Waals surface area contributed by atoms with Crippen LogP contribution >= 0.6 is 0 Å². The Morgan fingerprint density at radius 3 is 2.35 bits per heavy atom. The van der Waals surface area contributed by atoms with Crippen molar-refractivity contribution < 1.29 is 21.9 Å². The van der Waals surface area contributed by atoms with Gasteiger partial charge in [-0.1, -0.05) is 19.0 Å². The zero-order chi connectivity index (χ0) is 19.3. The molecule has 1 aromatic carbocycles. The van der Waals surface area contributed by atoms with Crippen molar-refractivity contribution in [3.05, 3.63) is 29.8 Å². The highest BCUT2D eigenvalue weighted by molar-refractivity contribution is 7.86. The van der Waals surface area contributed by atoms with E-state index in [0.29, 0.717) is 18.8 Å². The van der Waals surface area contributed by atoms with Crippen LogP contribution in [0, 0.1) is 12.7 Å². The standard InChI is InChI=1S/C16H21FN4O4S/c1-4-6-21(7-5-2)14-10-15(26(22,23)24)13(9-12(14)17)18-19-16-8-11(3)25-20-16/h8-10H,4-7H2,1-3H3,(H,22,23,24). The second-order valence-electron chi connectivity index (χ2n) is 5.73. The van der Waals surface area contributed by atoms with Gasteiger partial charge >= 0.3 is 0 Å². The van der Waals surface area contributed by atoms with Gasteiger partial charge in [-0.15, -0.1) is 10.2 Å². The summed E-state index contributed by atoms with van der Waals surface area (Å²) in [7, 11) is -4.63. The molecule has 0 aliphatic heterocycles. The van der Waals surface area contributed by atoms with Gasteiger partial charge in [0.25, 0.3) is 10.1 Å². The second-order valence-corrected chi connectivity index (χ2v) is 7.12. The Kier molecular flexibility index (Phi) is 6.43. The van der Waals surface area contributed by atoms with Crippen LogP contribution in [-0.2, 0) is 10.1 Å². The van der Waals surface area contributed by atoms with Crippen molar-refractivity contribution in [1.82, 2.24) is 5.16 Å². The van der Waals surface area contributed by atoms with Crippen molar-refractivity contribution in [2.75, 3.05) is 18.0 Å². The summed E-state index contributed by atoms with van der Waals surface area (Å²) in [6.07, 6.45) is 1.52. The fourth-order valence-corrected chi connectivity index (χ4v) is 3.08. The Morgan fingerprint density at radius 2 is 1.85 bits per heavy atom. The molecule has 0 atom stereocenters. The number of azo groups is 1. The maximum Gasteiger partial charge on any atom is 0.296 e. The Labute approximate surface area is 151 Å². The molecule has 0 saturated heterocycles. The third-order valence-electron chi connectivity index (χ3n) is 3.51. The normalized spacial score (nSPS) is 12.0. The molecule has 1 heterocycles. The molecule has 0 bridgehead atoms. The molecule has 8 nitrogen and oxygen atoms in total. The van der Waals surface area contributed by atoms with Gasteiger partial charge in [0.05, 0.1) is 5.69 Å². The monoisotopic (exact) mass is 384 g/mol. The number of hydrogen-bond acceptors (Lipinski definition) is 7. The average molecular weight is 384 g/mol. The number of anilines is 1. The molecule has 2 rings (SSSR count). The summed E-state index contributed by atoms with van der Waals surface area (Å²) >= 11 is 0. The fourth-order valence-electron chi connectivity index (χ4n) is 2.46. The fraction of sp³-hybridized carbons (Fsp3) is 0.438. The van der Waals surface area contributed by atoms with Gasteiger partial charge in [-0.05, 0) is 25.8 Å². The number of nitrogens with zero attached hydrogens (tertiary/aromatic N) is 4. The molecule has 1 aromatic heterocycles. The molecular weight excluding hydrogens is 363 g/mol. The number of halogens is 1. The Bertz CT molecular complexity index is 890. The largest absolute Gasteiger partial charge is 0.369 e. The van der Waals surface area contributed by atoms with Crippen molar-refractivity contribution in [2.24, 2.45) is 10.2 Å². The lowest BCUT2D eigenvalue weighted by molar-refractivity contribution is 0.399. The summed E-state index contributed by atoms with van der Waals surface area (Å²) in [6.45, 7) is 6.63. The molecule has 26 heavy (non-hydrogen) atoms. The summed E-state index contributed by atoms with van der Waals surface area (Å²) in [6, 6.07) is 3.50. The molecule has 10 heteroatoms. The molecule has 0 aliphatic rings. The topological polar surface area (TPSA) is 108 Å². The molecule has 0 radical (unpaired) electrons. The van der Waals surface area contributed by atoms with Crippen molar-refractivity contribution in [2.45, 2.75) is 38.5 Å². The van der Waals surface area contributed by atoms with Crippen molar-refractivity contribution in [3.63, 3.8) is 0 Å². The SMILES string of the molecule is CCCN(CCC)c1cc(S(=O)(=O)O)c(N=Nc2cc(C)on2)cc1F. The minimum absolute atomic E-state index is 0.0950. The number of rotatable bonds is 8. The zero-order valence-electron chi connectivity index (χ0n) is 14.8. The van der Waals surface area contributed by atoms with E-state index in [0.717, 1.165) is 25.0 Å². The molecule has 0 unspecified atom stereocenters. The minimum Gasteiger partial charge on any atom is -0.369 e. The van der Waals surface area contributed by atoms with Gasteiger partial charge in [-0.3, -0.25) is 4.55 Å². The van der Waals surface area contributed by atoms with Crippen LogP contribution in [0.5, 0.6) is 0 Å². The second kappa shape index (κ2) is 8.37. The number of aromatic nitrogens is 1. The highest BCUT2D eigenvalue weighted by Gasteiger charge is 2.22. The van der Waals surface area contributed by atoms with Gasteiger partial charge in [-0.25, -0.2) is 4.39 Å². The first kappa shape index (κ1) is 20.0. The number of aryl methyl sites for hydroxylation is 1. The van der Waals surface area contributed by atoms with E-state index >= 15 is 0 Å². The molecule has 0 aliphatic carbocycles. The molecule has 0 fully saturated rings. The first-order valence-electron chi connectivity index (χ1n) is 8.17. The summed E-state index contributed by atoms with van der Waals surface area (Å²) in [4.78, 5) is 1.21. The summed E-state index contributed by atoms with van der Waals surface area (Å²) in [5, 5.41) is 11.0. The van der Waals surface area contributed by atoms with Crippen LogP contribution in [0.4, 0.5) is 21.6 Å². The molecule has 0 amide bonds. The molecule has 0 saturated carbocycles. The smallest absolute Gasteiger partial charge is 0.296 e. The van der Waals surface area contributed by atoms with Crippen LogP contribution in [-0.4, -0.2) is 31.2 Å². The van der Waals surface area contributed by atoms with Gasteiger partial charge in [0.2, 0.25) is 5.82 Å². The van der Waals surface area contributed by atoms with Gasteiger partial charge < -0.3 is 9.42 Å².